The van der Waals surface area contributed by atoms with E-state index in [2.05, 4.69) is 20.5 Å². The van der Waals surface area contributed by atoms with Gasteiger partial charge in [-0.3, -0.25) is 9.78 Å². The fourth-order valence-corrected chi connectivity index (χ4v) is 4.86. The monoisotopic (exact) mass is 448 g/mol. The molecular formula is C25H32N6O2. The Labute approximate surface area is 193 Å². The first-order valence-electron chi connectivity index (χ1n) is 11.8. The summed E-state index contributed by atoms with van der Waals surface area (Å²) in [6, 6.07) is 12.0. The van der Waals surface area contributed by atoms with Crippen molar-refractivity contribution in [1.82, 2.24) is 20.3 Å². The van der Waals surface area contributed by atoms with Crippen molar-refractivity contribution < 1.29 is 5.11 Å². The summed E-state index contributed by atoms with van der Waals surface area (Å²) < 4.78 is 0. The number of rotatable bonds is 5. The zero-order valence-electron chi connectivity index (χ0n) is 19.3. The molecule has 0 aliphatic carbocycles. The van der Waals surface area contributed by atoms with E-state index >= 15 is 0 Å². The maximum absolute atomic E-state index is 13.4. The van der Waals surface area contributed by atoms with E-state index < -0.39 is 5.60 Å². The quantitative estimate of drug-likeness (QED) is 0.476. The summed E-state index contributed by atoms with van der Waals surface area (Å²) >= 11 is 0. The summed E-state index contributed by atoms with van der Waals surface area (Å²) in [5.41, 5.74) is 0.945. The molecule has 2 aliphatic heterocycles. The lowest BCUT2D eigenvalue weighted by molar-refractivity contribution is 0.0263. The van der Waals surface area contributed by atoms with E-state index in [1.54, 1.807) is 0 Å². The van der Waals surface area contributed by atoms with Gasteiger partial charge in [-0.25, -0.2) is 4.98 Å². The van der Waals surface area contributed by atoms with Crippen LogP contribution in [0.3, 0.4) is 0 Å². The van der Waals surface area contributed by atoms with Crippen LogP contribution in [0.4, 0.5) is 11.8 Å². The molecule has 4 heterocycles. The number of nitrogens with zero attached hydrogens (tertiary/aromatic N) is 3. The molecule has 0 saturated carbocycles. The average Bonchev–Trinajstić information content (AvgIpc) is 3.30. The van der Waals surface area contributed by atoms with Gasteiger partial charge in [0.2, 0.25) is 5.95 Å². The number of nitrogens with one attached hydrogen (secondary N) is 3. The molecule has 0 spiro atoms. The number of H-pyrrole nitrogens is 1. The van der Waals surface area contributed by atoms with Crippen molar-refractivity contribution in [3.8, 4) is 11.3 Å². The van der Waals surface area contributed by atoms with E-state index in [0.717, 1.165) is 49.8 Å². The summed E-state index contributed by atoms with van der Waals surface area (Å²) in [5, 5.41) is 18.4. The summed E-state index contributed by atoms with van der Waals surface area (Å²) in [6.07, 6.45) is 2.96. The number of hydrogen-bond donors (Lipinski definition) is 4. The van der Waals surface area contributed by atoms with Crippen LogP contribution in [0.1, 0.15) is 33.1 Å². The molecule has 0 radical (unpaired) electrons. The number of hydrogen-bond acceptors (Lipinski definition) is 7. The molecule has 2 aromatic heterocycles. The van der Waals surface area contributed by atoms with Gasteiger partial charge in [-0.15, -0.1) is 0 Å². The third kappa shape index (κ3) is 4.58. The molecule has 2 atom stereocenters. The molecule has 2 aliphatic rings. The van der Waals surface area contributed by atoms with Gasteiger partial charge in [0.15, 0.2) is 0 Å². The van der Waals surface area contributed by atoms with Gasteiger partial charge in [0, 0.05) is 37.0 Å². The van der Waals surface area contributed by atoms with Crippen molar-refractivity contribution >= 4 is 22.7 Å². The second-order valence-corrected chi connectivity index (χ2v) is 9.78. The molecule has 4 N–H and O–H groups in total. The van der Waals surface area contributed by atoms with Crippen molar-refractivity contribution in [3.05, 3.63) is 46.8 Å². The fraction of sp³-hybridized carbons (Fsp3) is 0.480. The minimum atomic E-state index is -0.765. The van der Waals surface area contributed by atoms with Crippen LogP contribution in [0.15, 0.2) is 41.2 Å². The minimum Gasteiger partial charge on any atom is -0.390 e. The van der Waals surface area contributed by atoms with Crippen molar-refractivity contribution in [3.63, 3.8) is 0 Å². The predicted molar refractivity (Wildman–Crippen MR) is 132 cm³/mol. The zero-order chi connectivity index (χ0) is 23.0. The standard InChI is InChI=1S/C25H32N6O2/c1-25(2,33)17-11-13-31(15-17)24-29-22(27-18-7-5-12-26-14-18)21(23(32)30-24)20-10-9-16-6-3-4-8-19(16)28-20/h3-4,6,8-10,17-18,26,33H,5,7,11-15H2,1-2H3,(H2,27,29,30,32). The second-order valence-electron chi connectivity index (χ2n) is 9.78. The maximum Gasteiger partial charge on any atom is 0.263 e. The van der Waals surface area contributed by atoms with Crippen LogP contribution in [0.2, 0.25) is 0 Å². The van der Waals surface area contributed by atoms with Crippen LogP contribution in [0, 0.1) is 5.92 Å². The zero-order valence-corrected chi connectivity index (χ0v) is 19.3. The van der Waals surface area contributed by atoms with Crippen LogP contribution >= 0.6 is 0 Å². The van der Waals surface area contributed by atoms with Gasteiger partial charge in [0.05, 0.1) is 16.8 Å². The van der Waals surface area contributed by atoms with E-state index in [1.807, 2.05) is 50.2 Å². The van der Waals surface area contributed by atoms with Gasteiger partial charge < -0.3 is 20.6 Å². The normalized spacial score (nSPS) is 21.5. The first kappa shape index (κ1) is 21.9. The summed E-state index contributed by atoms with van der Waals surface area (Å²) in [5.74, 6) is 1.24. The summed E-state index contributed by atoms with van der Waals surface area (Å²) in [7, 11) is 0. The van der Waals surface area contributed by atoms with E-state index in [4.69, 9.17) is 9.97 Å². The highest BCUT2D eigenvalue weighted by molar-refractivity contribution is 5.83. The van der Waals surface area contributed by atoms with E-state index in [-0.39, 0.29) is 17.5 Å². The highest BCUT2D eigenvalue weighted by Gasteiger charge is 2.35. The highest BCUT2D eigenvalue weighted by atomic mass is 16.3. The SMILES string of the molecule is CC(C)(O)C1CCN(c2nc(NC3CCCNC3)c(-c3ccc4ccccc4n3)c(=O)[nH]2)C1. The van der Waals surface area contributed by atoms with E-state index in [9.17, 15) is 9.90 Å². The largest absolute Gasteiger partial charge is 0.390 e. The van der Waals surface area contributed by atoms with Crippen molar-refractivity contribution in [2.45, 2.75) is 44.8 Å². The molecular weight excluding hydrogens is 416 g/mol. The van der Waals surface area contributed by atoms with Crippen molar-refractivity contribution in [2.75, 3.05) is 36.4 Å². The highest BCUT2D eigenvalue weighted by Crippen LogP contribution is 2.31. The Morgan fingerprint density at radius 3 is 2.76 bits per heavy atom. The molecule has 0 amide bonds. The Bertz CT molecular complexity index is 1200. The number of anilines is 2. The molecule has 8 heteroatoms. The molecule has 2 fully saturated rings. The molecule has 3 aromatic rings. The van der Waals surface area contributed by atoms with Gasteiger partial charge >= 0.3 is 0 Å². The lowest BCUT2D eigenvalue weighted by atomic mass is 9.91. The van der Waals surface area contributed by atoms with Gasteiger partial charge in [-0.1, -0.05) is 24.3 Å². The number of aromatic amines is 1. The minimum absolute atomic E-state index is 0.128. The van der Waals surface area contributed by atoms with Gasteiger partial charge in [-0.2, -0.15) is 4.98 Å². The molecule has 5 rings (SSSR count). The van der Waals surface area contributed by atoms with E-state index in [0.29, 0.717) is 29.6 Å². The fourth-order valence-electron chi connectivity index (χ4n) is 4.86. The number of benzene rings is 1. The number of para-hydroxylation sites is 1. The van der Waals surface area contributed by atoms with Crippen LogP contribution in [0.25, 0.3) is 22.2 Å². The number of aliphatic hydroxyl groups is 1. The second kappa shape index (κ2) is 8.76. The Morgan fingerprint density at radius 2 is 2.00 bits per heavy atom. The molecule has 174 valence electrons. The number of aromatic nitrogens is 3. The molecule has 2 saturated heterocycles. The van der Waals surface area contributed by atoms with Crippen LogP contribution in [0.5, 0.6) is 0 Å². The first-order chi connectivity index (χ1) is 15.9. The Morgan fingerprint density at radius 1 is 1.15 bits per heavy atom. The first-order valence-corrected chi connectivity index (χ1v) is 11.8. The van der Waals surface area contributed by atoms with E-state index in [1.165, 1.54) is 0 Å². The summed E-state index contributed by atoms with van der Waals surface area (Å²) in [4.78, 5) is 28.1. The maximum atomic E-state index is 13.4. The Kier molecular flexibility index (Phi) is 5.80. The predicted octanol–water partition coefficient (Wildman–Crippen LogP) is 2.75. The number of pyridine rings is 1. The lowest BCUT2D eigenvalue weighted by Crippen LogP contribution is -2.39. The molecule has 1 aromatic carbocycles. The smallest absolute Gasteiger partial charge is 0.263 e. The molecule has 2 unspecified atom stereocenters. The Hall–Kier alpha value is -2.97. The van der Waals surface area contributed by atoms with Crippen molar-refractivity contribution in [1.29, 1.82) is 0 Å². The number of piperidine rings is 1. The van der Waals surface area contributed by atoms with Crippen molar-refractivity contribution in [2.24, 2.45) is 5.92 Å². The average molecular weight is 449 g/mol. The molecule has 8 nitrogen and oxygen atoms in total. The third-order valence-electron chi connectivity index (χ3n) is 6.89. The van der Waals surface area contributed by atoms with Gasteiger partial charge in [-0.05, 0) is 51.8 Å². The Balaban J connectivity index is 1.55. The van der Waals surface area contributed by atoms with Crippen LogP contribution in [-0.2, 0) is 0 Å². The number of fused-ring (bicyclic) bond motifs is 1. The lowest BCUT2D eigenvalue weighted by Gasteiger charge is -2.27. The van der Waals surface area contributed by atoms with Gasteiger partial charge in [0.1, 0.15) is 11.4 Å². The van der Waals surface area contributed by atoms with Gasteiger partial charge in [0.25, 0.3) is 5.56 Å². The molecule has 33 heavy (non-hydrogen) atoms. The summed E-state index contributed by atoms with van der Waals surface area (Å²) in [6.45, 7) is 6.93. The molecule has 0 bridgehead atoms. The third-order valence-corrected chi connectivity index (χ3v) is 6.89. The topological polar surface area (TPSA) is 106 Å². The van der Waals surface area contributed by atoms with Crippen LogP contribution in [-0.4, -0.2) is 57.9 Å². The van der Waals surface area contributed by atoms with Crippen LogP contribution < -0.4 is 21.1 Å².